The highest BCUT2D eigenvalue weighted by molar-refractivity contribution is 6.06. The van der Waals surface area contributed by atoms with Crippen molar-refractivity contribution >= 4 is 17.5 Å². The van der Waals surface area contributed by atoms with E-state index in [2.05, 4.69) is 5.32 Å². The third-order valence-electron chi connectivity index (χ3n) is 3.30. The summed E-state index contributed by atoms with van der Waals surface area (Å²) in [6, 6.07) is 5.05. The van der Waals surface area contributed by atoms with E-state index in [1.807, 2.05) is 26.0 Å². The van der Waals surface area contributed by atoms with E-state index < -0.39 is 6.04 Å². The Kier molecular flexibility index (Phi) is 3.74. The number of benzene rings is 1. The second-order valence-electron chi connectivity index (χ2n) is 4.61. The molecule has 5 nitrogen and oxygen atoms in total. The quantitative estimate of drug-likeness (QED) is 0.891. The zero-order valence-corrected chi connectivity index (χ0v) is 11.4. The predicted octanol–water partition coefficient (Wildman–Crippen LogP) is 1.25. The van der Waals surface area contributed by atoms with E-state index in [1.165, 1.54) is 4.90 Å². The summed E-state index contributed by atoms with van der Waals surface area (Å²) < 4.78 is 5.19. The highest BCUT2D eigenvalue weighted by Crippen LogP contribution is 2.25. The van der Waals surface area contributed by atoms with Crippen molar-refractivity contribution in [3.63, 3.8) is 0 Å². The minimum Gasteiger partial charge on any atom is -0.496 e. The van der Waals surface area contributed by atoms with Crippen LogP contribution in [-0.2, 0) is 9.59 Å². The van der Waals surface area contributed by atoms with Gasteiger partial charge in [0.15, 0.2) is 0 Å². The Morgan fingerprint density at radius 2 is 2.16 bits per heavy atom. The van der Waals surface area contributed by atoms with Gasteiger partial charge in [-0.1, -0.05) is 6.92 Å². The van der Waals surface area contributed by atoms with Crippen LogP contribution in [0.1, 0.15) is 18.9 Å². The Labute approximate surface area is 112 Å². The molecular weight excluding hydrogens is 244 g/mol. The zero-order chi connectivity index (χ0) is 14.0. The van der Waals surface area contributed by atoms with E-state index in [0.717, 1.165) is 17.0 Å². The molecule has 0 aliphatic carbocycles. The van der Waals surface area contributed by atoms with Crippen molar-refractivity contribution < 1.29 is 14.3 Å². The fourth-order valence-corrected chi connectivity index (χ4v) is 2.24. The van der Waals surface area contributed by atoms with E-state index in [0.29, 0.717) is 6.42 Å². The van der Waals surface area contributed by atoms with Crippen LogP contribution in [0, 0.1) is 6.92 Å². The van der Waals surface area contributed by atoms with Gasteiger partial charge in [0.1, 0.15) is 18.3 Å². The number of carbonyl (C=O) groups excluding carboxylic acids is 2. The fourth-order valence-electron chi connectivity index (χ4n) is 2.24. The number of rotatable bonds is 3. The molecule has 102 valence electrons. The summed E-state index contributed by atoms with van der Waals surface area (Å²) in [5.74, 6) is 0.580. The molecule has 19 heavy (non-hydrogen) atoms. The molecule has 2 rings (SSSR count). The first-order valence-corrected chi connectivity index (χ1v) is 6.32. The third kappa shape index (κ3) is 2.54. The number of nitrogens with one attached hydrogen (secondary N) is 1. The number of ether oxygens (including phenoxy) is 1. The molecule has 2 amide bonds. The summed E-state index contributed by atoms with van der Waals surface area (Å²) in [5.41, 5.74) is 1.67. The number of nitrogens with zero attached hydrogens (tertiary/aromatic N) is 1. The van der Waals surface area contributed by atoms with Gasteiger partial charge in [-0.25, -0.2) is 0 Å². The van der Waals surface area contributed by atoms with Crippen LogP contribution in [0.5, 0.6) is 5.75 Å². The van der Waals surface area contributed by atoms with Gasteiger partial charge in [0.25, 0.3) is 0 Å². The number of amides is 2. The predicted molar refractivity (Wildman–Crippen MR) is 72.3 cm³/mol. The molecule has 0 bridgehead atoms. The standard InChI is InChI=1S/C14H18N2O3/c1-4-11-14(18)16(8-13(17)15-11)10-5-6-12(19-3)9(2)7-10/h5-7,11H,4,8H2,1-3H3,(H,15,17). The van der Waals surface area contributed by atoms with Gasteiger partial charge in [0.05, 0.1) is 7.11 Å². The molecule has 1 unspecified atom stereocenters. The Morgan fingerprint density at radius 1 is 1.42 bits per heavy atom. The summed E-state index contributed by atoms with van der Waals surface area (Å²) in [6.45, 7) is 3.86. The SMILES string of the molecule is CCC1NC(=O)CN(c2ccc(OC)c(C)c2)C1=O. The molecule has 1 N–H and O–H groups in total. The molecule has 0 radical (unpaired) electrons. The van der Waals surface area contributed by atoms with Gasteiger partial charge in [-0.2, -0.15) is 0 Å². The molecule has 0 aromatic heterocycles. The third-order valence-corrected chi connectivity index (χ3v) is 3.30. The molecule has 1 aliphatic heterocycles. The largest absolute Gasteiger partial charge is 0.496 e. The molecule has 1 atom stereocenters. The van der Waals surface area contributed by atoms with Crippen molar-refractivity contribution in [2.75, 3.05) is 18.6 Å². The van der Waals surface area contributed by atoms with Crippen LogP contribution in [0.3, 0.4) is 0 Å². The van der Waals surface area contributed by atoms with E-state index in [-0.39, 0.29) is 18.4 Å². The lowest BCUT2D eigenvalue weighted by Gasteiger charge is -2.32. The molecule has 1 aliphatic rings. The van der Waals surface area contributed by atoms with Crippen LogP contribution in [-0.4, -0.2) is 31.5 Å². The highest BCUT2D eigenvalue weighted by Gasteiger charge is 2.32. The van der Waals surface area contributed by atoms with Crippen LogP contribution in [0.15, 0.2) is 18.2 Å². The summed E-state index contributed by atoms with van der Waals surface area (Å²) in [4.78, 5) is 25.4. The Balaban J connectivity index is 2.31. The second kappa shape index (κ2) is 5.30. The Hall–Kier alpha value is -2.04. The lowest BCUT2D eigenvalue weighted by atomic mass is 10.1. The average molecular weight is 262 g/mol. The van der Waals surface area contributed by atoms with E-state index in [9.17, 15) is 9.59 Å². The van der Waals surface area contributed by atoms with Crippen molar-refractivity contribution in [3.05, 3.63) is 23.8 Å². The molecule has 0 spiro atoms. The smallest absolute Gasteiger partial charge is 0.250 e. The van der Waals surface area contributed by atoms with Gasteiger partial charge in [-0.15, -0.1) is 0 Å². The van der Waals surface area contributed by atoms with Crippen molar-refractivity contribution in [2.24, 2.45) is 0 Å². The average Bonchev–Trinajstić information content (AvgIpc) is 2.40. The lowest BCUT2D eigenvalue weighted by Crippen LogP contribution is -2.58. The normalized spacial score (nSPS) is 19.3. The number of hydrogen-bond donors (Lipinski definition) is 1. The summed E-state index contributed by atoms with van der Waals surface area (Å²) in [7, 11) is 1.61. The first-order valence-electron chi connectivity index (χ1n) is 6.32. The van der Waals surface area contributed by atoms with Gasteiger partial charge < -0.3 is 15.0 Å². The molecule has 1 aromatic rings. The van der Waals surface area contributed by atoms with Crippen LogP contribution in [0.2, 0.25) is 0 Å². The maximum atomic E-state index is 12.2. The van der Waals surface area contributed by atoms with Crippen molar-refractivity contribution in [3.8, 4) is 5.75 Å². The van der Waals surface area contributed by atoms with Gasteiger partial charge in [-0.3, -0.25) is 9.59 Å². The molecule has 1 heterocycles. The molecule has 1 aromatic carbocycles. The molecule has 1 fully saturated rings. The van der Waals surface area contributed by atoms with Crippen LogP contribution in [0.25, 0.3) is 0 Å². The van der Waals surface area contributed by atoms with Crippen molar-refractivity contribution in [1.29, 1.82) is 0 Å². The highest BCUT2D eigenvalue weighted by atomic mass is 16.5. The van der Waals surface area contributed by atoms with Gasteiger partial charge >= 0.3 is 0 Å². The van der Waals surface area contributed by atoms with E-state index >= 15 is 0 Å². The Bertz CT molecular complexity index is 513. The molecular formula is C14H18N2O3. The first-order chi connectivity index (χ1) is 9.06. The van der Waals surface area contributed by atoms with Gasteiger partial charge in [0.2, 0.25) is 11.8 Å². The number of aryl methyl sites for hydroxylation is 1. The summed E-state index contributed by atoms with van der Waals surface area (Å²) in [5, 5.41) is 2.70. The molecule has 1 saturated heterocycles. The topological polar surface area (TPSA) is 58.6 Å². The van der Waals surface area contributed by atoms with Crippen LogP contribution >= 0.6 is 0 Å². The minimum atomic E-state index is -0.427. The van der Waals surface area contributed by atoms with E-state index in [4.69, 9.17) is 4.74 Å². The van der Waals surface area contributed by atoms with E-state index in [1.54, 1.807) is 13.2 Å². The summed E-state index contributed by atoms with van der Waals surface area (Å²) in [6.07, 6.45) is 0.593. The zero-order valence-electron chi connectivity index (χ0n) is 11.4. The number of carbonyl (C=O) groups is 2. The van der Waals surface area contributed by atoms with Crippen molar-refractivity contribution in [1.82, 2.24) is 5.32 Å². The Morgan fingerprint density at radius 3 is 2.74 bits per heavy atom. The summed E-state index contributed by atoms with van der Waals surface area (Å²) >= 11 is 0. The number of piperazine rings is 1. The molecule has 5 heteroatoms. The molecule has 0 saturated carbocycles. The monoisotopic (exact) mass is 262 g/mol. The number of hydrogen-bond acceptors (Lipinski definition) is 3. The second-order valence-corrected chi connectivity index (χ2v) is 4.61. The number of anilines is 1. The van der Waals surface area contributed by atoms with Gasteiger partial charge in [0, 0.05) is 5.69 Å². The van der Waals surface area contributed by atoms with Crippen LogP contribution < -0.4 is 15.0 Å². The minimum absolute atomic E-state index is 0.0633. The first kappa shape index (κ1) is 13.4. The van der Waals surface area contributed by atoms with Crippen LogP contribution in [0.4, 0.5) is 5.69 Å². The van der Waals surface area contributed by atoms with Gasteiger partial charge in [-0.05, 0) is 37.1 Å². The fraction of sp³-hybridized carbons (Fsp3) is 0.429. The maximum absolute atomic E-state index is 12.2. The lowest BCUT2D eigenvalue weighted by molar-refractivity contribution is -0.131. The number of methoxy groups -OCH3 is 1. The maximum Gasteiger partial charge on any atom is 0.250 e. The van der Waals surface area contributed by atoms with Crippen molar-refractivity contribution in [2.45, 2.75) is 26.3 Å².